The first-order valence-electron chi connectivity index (χ1n) is 6.21. The van der Waals surface area contributed by atoms with Crippen molar-refractivity contribution in [2.24, 2.45) is 0 Å². The minimum Gasteiger partial charge on any atom is -0.349 e. The van der Waals surface area contributed by atoms with Gasteiger partial charge in [-0.3, -0.25) is 0 Å². The number of nitrogens with one attached hydrogen (secondary N) is 1. The number of hydrogen-bond donors (Lipinski definition) is 1. The van der Waals surface area contributed by atoms with Crippen LogP contribution in [0.2, 0.25) is 15.1 Å². The highest BCUT2D eigenvalue weighted by Gasteiger charge is 2.25. The minimum absolute atomic E-state index is 0.0397. The molecular weight excluding hydrogens is 365 g/mol. The topological polar surface area (TPSA) is 12.0 Å². The van der Waals surface area contributed by atoms with Crippen molar-refractivity contribution in [1.29, 1.82) is 0 Å². The molecule has 1 aliphatic heterocycles. The Morgan fingerprint density at radius 1 is 1.10 bits per heavy atom. The van der Waals surface area contributed by atoms with Crippen molar-refractivity contribution in [2.75, 3.05) is 11.1 Å². The van der Waals surface area contributed by atoms with Crippen LogP contribution in [0.3, 0.4) is 0 Å². The summed E-state index contributed by atoms with van der Waals surface area (Å²) >= 11 is 25.8. The van der Waals surface area contributed by atoms with Gasteiger partial charge >= 0.3 is 0 Å². The van der Waals surface area contributed by atoms with Crippen LogP contribution in [0, 0.1) is 0 Å². The Balaban J connectivity index is 2.17. The maximum absolute atomic E-state index is 6.39. The van der Waals surface area contributed by atoms with Gasteiger partial charge in [0.25, 0.3) is 0 Å². The first-order valence-corrected chi connectivity index (χ1v) is 8.80. The summed E-state index contributed by atoms with van der Waals surface area (Å²) < 4.78 is 0. The number of thiocarbonyl (C=S) groups is 1. The monoisotopic (exact) mass is 373 g/mol. The molecule has 1 aliphatic rings. The van der Waals surface area contributed by atoms with Gasteiger partial charge in [-0.05, 0) is 35.4 Å². The van der Waals surface area contributed by atoms with E-state index in [2.05, 4.69) is 5.32 Å². The van der Waals surface area contributed by atoms with Crippen LogP contribution >= 0.6 is 58.8 Å². The summed E-state index contributed by atoms with van der Waals surface area (Å²) in [5.41, 5.74) is 3.01. The summed E-state index contributed by atoms with van der Waals surface area (Å²) in [7, 11) is 0. The lowest BCUT2D eigenvalue weighted by Gasteiger charge is -2.19. The van der Waals surface area contributed by atoms with E-state index in [-0.39, 0.29) is 5.25 Å². The van der Waals surface area contributed by atoms with E-state index in [1.807, 2.05) is 30.3 Å². The average Bonchev–Trinajstić information content (AvgIpc) is 2.61. The maximum Gasteiger partial charge on any atom is 0.0898 e. The smallest absolute Gasteiger partial charge is 0.0898 e. The Hall–Kier alpha value is -0.450. The van der Waals surface area contributed by atoms with Crippen molar-refractivity contribution in [3.63, 3.8) is 0 Å². The molecule has 0 saturated heterocycles. The fourth-order valence-corrected chi connectivity index (χ4v) is 4.40. The molecule has 1 nitrogen and oxygen atoms in total. The molecule has 1 atom stereocenters. The van der Waals surface area contributed by atoms with E-state index in [9.17, 15) is 0 Å². The molecule has 2 aromatic rings. The highest BCUT2D eigenvalue weighted by atomic mass is 35.5. The van der Waals surface area contributed by atoms with Crippen LogP contribution in [0.1, 0.15) is 16.4 Å². The third kappa shape index (κ3) is 3.17. The number of anilines is 1. The Morgan fingerprint density at radius 2 is 1.90 bits per heavy atom. The third-order valence-corrected chi connectivity index (χ3v) is 6.01. The average molecular weight is 375 g/mol. The predicted octanol–water partition coefficient (Wildman–Crippen LogP) is 6.22. The Labute approximate surface area is 148 Å². The Kier molecular flexibility index (Phi) is 4.67. The zero-order valence-corrected chi connectivity index (χ0v) is 14.6. The highest BCUT2D eigenvalue weighted by Crippen LogP contribution is 2.45. The lowest BCUT2D eigenvalue weighted by Crippen LogP contribution is -2.09. The van der Waals surface area contributed by atoms with Gasteiger partial charge in [0.05, 0.1) is 20.3 Å². The van der Waals surface area contributed by atoms with Crippen molar-refractivity contribution >= 4 is 69.5 Å². The quantitative estimate of drug-likeness (QED) is 0.595. The van der Waals surface area contributed by atoms with E-state index in [1.165, 1.54) is 0 Å². The van der Waals surface area contributed by atoms with Gasteiger partial charge in [-0.2, -0.15) is 0 Å². The third-order valence-electron chi connectivity index (χ3n) is 3.22. The van der Waals surface area contributed by atoms with E-state index in [0.29, 0.717) is 15.1 Å². The largest absolute Gasteiger partial charge is 0.349 e. The summed E-state index contributed by atoms with van der Waals surface area (Å²) in [5.74, 6) is 0.717. The lowest BCUT2D eigenvalue weighted by atomic mass is 10.0. The van der Waals surface area contributed by atoms with E-state index in [4.69, 9.17) is 47.0 Å². The van der Waals surface area contributed by atoms with Gasteiger partial charge in [0, 0.05) is 16.5 Å². The molecule has 3 rings (SSSR count). The van der Waals surface area contributed by atoms with Crippen molar-refractivity contribution < 1.29 is 0 Å². The molecule has 0 spiro atoms. The molecule has 0 radical (unpaired) electrons. The van der Waals surface area contributed by atoms with Gasteiger partial charge in [0.2, 0.25) is 0 Å². The zero-order chi connectivity index (χ0) is 15.0. The summed E-state index contributed by atoms with van der Waals surface area (Å²) in [5, 5.41) is 5.12. The molecule has 0 amide bonds. The zero-order valence-electron chi connectivity index (χ0n) is 10.7. The molecule has 0 fully saturated rings. The SMILES string of the molecule is S=C1CS[C@H](c2cccc(Cl)c2Cl)c2cc(Cl)ccc2N1. The first-order chi connectivity index (χ1) is 10.1. The van der Waals surface area contributed by atoms with Crippen molar-refractivity contribution in [1.82, 2.24) is 0 Å². The fourth-order valence-electron chi connectivity index (χ4n) is 2.28. The molecule has 6 heteroatoms. The first kappa shape index (κ1) is 15.4. The van der Waals surface area contributed by atoms with Crippen molar-refractivity contribution in [3.05, 3.63) is 62.6 Å². The van der Waals surface area contributed by atoms with Gasteiger partial charge in [0.1, 0.15) is 0 Å². The maximum atomic E-state index is 6.39. The van der Waals surface area contributed by atoms with Gasteiger partial charge < -0.3 is 5.32 Å². The molecular formula is C15H10Cl3NS2. The van der Waals surface area contributed by atoms with Gasteiger partial charge in [-0.1, -0.05) is 59.2 Å². The van der Waals surface area contributed by atoms with Crippen LogP contribution in [0.15, 0.2) is 36.4 Å². The fraction of sp³-hybridized carbons (Fsp3) is 0.133. The number of thioether (sulfide) groups is 1. The molecule has 1 N–H and O–H groups in total. The van der Waals surface area contributed by atoms with Crippen LogP contribution in [0.5, 0.6) is 0 Å². The van der Waals surface area contributed by atoms with Crippen LogP contribution in [-0.2, 0) is 0 Å². The molecule has 108 valence electrons. The molecule has 0 unspecified atom stereocenters. The second kappa shape index (κ2) is 6.35. The molecule has 2 aromatic carbocycles. The van der Waals surface area contributed by atoms with Crippen LogP contribution in [-0.4, -0.2) is 10.7 Å². The van der Waals surface area contributed by atoms with Crippen molar-refractivity contribution in [3.8, 4) is 0 Å². The van der Waals surface area contributed by atoms with E-state index >= 15 is 0 Å². The molecule has 1 heterocycles. The van der Waals surface area contributed by atoms with E-state index in [1.54, 1.807) is 17.8 Å². The molecule has 0 aliphatic carbocycles. The number of halogens is 3. The number of fused-ring (bicyclic) bond motifs is 1. The van der Waals surface area contributed by atoms with E-state index in [0.717, 1.165) is 27.6 Å². The summed E-state index contributed by atoms with van der Waals surface area (Å²) in [6.07, 6.45) is 0. The Bertz CT molecular complexity index is 718. The predicted molar refractivity (Wildman–Crippen MR) is 98.4 cm³/mol. The molecule has 0 aromatic heterocycles. The minimum atomic E-state index is 0.0397. The second-order valence-electron chi connectivity index (χ2n) is 4.61. The molecule has 21 heavy (non-hydrogen) atoms. The normalized spacial score (nSPS) is 17.9. The van der Waals surface area contributed by atoms with Gasteiger partial charge in [-0.15, -0.1) is 11.8 Å². The van der Waals surface area contributed by atoms with E-state index < -0.39 is 0 Å². The standard InChI is InChI=1S/C15H10Cl3NS2/c16-8-4-5-12-10(6-8)15(21-7-13(20)19-12)9-2-1-3-11(17)14(9)18/h1-6,15H,7H2,(H,19,20)/t15-/m1/s1. The number of rotatable bonds is 1. The summed E-state index contributed by atoms with van der Waals surface area (Å²) in [4.78, 5) is 0.796. The highest BCUT2D eigenvalue weighted by molar-refractivity contribution is 8.01. The van der Waals surface area contributed by atoms with Gasteiger partial charge in [0.15, 0.2) is 0 Å². The van der Waals surface area contributed by atoms with Crippen LogP contribution in [0.25, 0.3) is 0 Å². The van der Waals surface area contributed by atoms with Gasteiger partial charge in [-0.25, -0.2) is 0 Å². The summed E-state index contributed by atoms with van der Waals surface area (Å²) in [6, 6.07) is 11.4. The summed E-state index contributed by atoms with van der Waals surface area (Å²) in [6.45, 7) is 0. The molecule has 0 saturated carbocycles. The number of hydrogen-bond acceptors (Lipinski definition) is 2. The molecule has 0 bridgehead atoms. The number of benzene rings is 2. The Morgan fingerprint density at radius 3 is 2.71 bits per heavy atom. The lowest BCUT2D eigenvalue weighted by molar-refractivity contribution is 1.16. The van der Waals surface area contributed by atoms with Crippen LogP contribution < -0.4 is 5.32 Å². The van der Waals surface area contributed by atoms with Crippen LogP contribution in [0.4, 0.5) is 5.69 Å². The second-order valence-corrected chi connectivity index (χ2v) is 7.42. The van der Waals surface area contributed by atoms with Crippen molar-refractivity contribution in [2.45, 2.75) is 5.25 Å².